The lowest BCUT2D eigenvalue weighted by atomic mass is 9.93. The lowest BCUT2D eigenvalue weighted by Gasteiger charge is -2.36. The lowest BCUT2D eigenvalue weighted by molar-refractivity contribution is 0.0953. The van der Waals surface area contributed by atoms with Crippen molar-refractivity contribution in [2.24, 2.45) is 11.8 Å². The SMILES string of the molecule is CC1CCN(Cc2ccc(C(=O)NN)cn2)C(C)C1. The average Bonchev–Trinajstić information content (AvgIpc) is 2.42. The van der Waals surface area contributed by atoms with E-state index in [0.29, 0.717) is 11.6 Å². The van der Waals surface area contributed by atoms with Gasteiger partial charge in [-0.2, -0.15) is 0 Å². The molecule has 0 bridgehead atoms. The molecule has 19 heavy (non-hydrogen) atoms. The van der Waals surface area contributed by atoms with Gasteiger partial charge in [0.05, 0.1) is 11.3 Å². The summed E-state index contributed by atoms with van der Waals surface area (Å²) in [5, 5.41) is 0. The molecule has 0 aliphatic carbocycles. The minimum absolute atomic E-state index is 0.306. The summed E-state index contributed by atoms with van der Waals surface area (Å²) in [6.07, 6.45) is 4.07. The van der Waals surface area contributed by atoms with Gasteiger partial charge in [-0.15, -0.1) is 0 Å². The number of hydrazine groups is 1. The van der Waals surface area contributed by atoms with E-state index in [-0.39, 0.29) is 5.91 Å². The second-order valence-electron chi connectivity index (χ2n) is 5.46. The topological polar surface area (TPSA) is 71.2 Å². The first kappa shape index (κ1) is 14.0. The Balaban J connectivity index is 1.98. The molecule has 2 heterocycles. The Hall–Kier alpha value is -1.46. The highest BCUT2D eigenvalue weighted by Crippen LogP contribution is 2.23. The fourth-order valence-electron chi connectivity index (χ4n) is 2.63. The molecule has 1 aromatic rings. The number of hydrogen-bond acceptors (Lipinski definition) is 4. The van der Waals surface area contributed by atoms with Crippen molar-refractivity contribution in [3.63, 3.8) is 0 Å². The lowest BCUT2D eigenvalue weighted by Crippen LogP contribution is -2.39. The molecule has 1 aliphatic rings. The maximum atomic E-state index is 11.3. The summed E-state index contributed by atoms with van der Waals surface area (Å²) in [6.45, 7) is 6.55. The second-order valence-corrected chi connectivity index (χ2v) is 5.46. The zero-order valence-electron chi connectivity index (χ0n) is 11.6. The molecule has 0 aromatic carbocycles. The van der Waals surface area contributed by atoms with E-state index < -0.39 is 0 Å². The highest BCUT2D eigenvalue weighted by molar-refractivity contribution is 5.93. The number of nitrogens with one attached hydrogen (secondary N) is 1. The smallest absolute Gasteiger partial charge is 0.266 e. The Morgan fingerprint density at radius 2 is 2.32 bits per heavy atom. The van der Waals surface area contributed by atoms with Gasteiger partial charge < -0.3 is 0 Å². The highest BCUT2D eigenvalue weighted by atomic mass is 16.2. The van der Waals surface area contributed by atoms with Crippen LogP contribution < -0.4 is 11.3 Å². The standard InChI is InChI=1S/C14H22N4O/c1-10-5-6-18(11(2)7-10)9-13-4-3-12(8-16-13)14(19)17-15/h3-4,8,10-11H,5-7,9,15H2,1-2H3,(H,17,19). The fourth-order valence-corrected chi connectivity index (χ4v) is 2.63. The molecule has 1 amide bonds. The molecule has 1 fully saturated rings. The number of likely N-dealkylation sites (tertiary alicyclic amines) is 1. The summed E-state index contributed by atoms with van der Waals surface area (Å²) in [5.41, 5.74) is 3.59. The predicted octanol–water partition coefficient (Wildman–Crippen LogP) is 1.31. The van der Waals surface area contributed by atoms with Crippen molar-refractivity contribution in [2.45, 2.75) is 39.3 Å². The molecule has 2 atom stereocenters. The molecule has 1 aliphatic heterocycles. The largest absolute Gasteiger partial charge is 0.295 e. The van der Waals surface area contributed by atoms with Crippen LogP contribution in [0, 0.1) is 5.92 Å². The summed E-state index contributed by atoms with van der Waals surface area (Å²) in [5.74, 6) is 5.60. The molecule has 3 N–H and O–H groups in total. The molecule has 5 heteroatoms. The maximum absolute atomic E-state index is 11.3. The third kappa shape index (κ3) is 3.52. The third-order valence-electron chi connectivity index (χ3n) is 3.86. The Kier molecular flexibility index (Phi) is 4.50. The first-order valence-electron chi connectivity index (χ1n) is 6.80. The number of rotatable bonds is 3. The van der Waals surface area contributed by atoms with E-state index in [1.165, 1.54) is 12.8 Å². The number of amides is 1. The zero-order valence-corrected chi connectivity index (χ0v) is 11.6. The van der Waals surface area contributed by atoms with Gasteiger partial charge in [0.25, 0.3) is 5.91 Å². The number of nitrogen functional groups attached to an aromatic ring is 1. The minimum atomic E-state index is -0.306. The van der Waals surface area contributed by atoms with Crippen molar-refractivity contribution in [3.8, 4) is 0 Å². The molecule has 0 saturated carbocycles. The van der Waals surface area contributed by atoms with Crippen molar-refractivity contribution in [1.29, 1.82) is 0 Å². The van der Waals surface area contributed by atoms with Crippen LogP contribution in [-0.2, 0) is 6.54 Å². The van der Waals surface area contributed by atoms with Crippen LogP contribution in [0.5, 0.6) is 0 Å². The third-order valence-corrected chi connectivity index (χ3v) is 3.86. The van der Waals surface area contributed by atoms with Crippen LogP contribution >= 0.6 is 0 Å². The first-order chi connectivity index (χ1) is 9.10. The van der Waals surface area contributed by atoms with Crippen molar-refractivity contribution < 1.29 is 4.79 Å². The molecule has 2 rings (SSSR count). The van der Waals surface area contributed by atoms with Crippen LogP contribution in [0.3, 0.4) is 0 Å². The van der Waals surface area contributed by atoms with Gasteiger partial charge >= 0.3 is 0 Å². The van der Waals surface area contributed by atoms with Gasteiger partial charge in [-0.1, -0.05) is 6.92 Å². The van der Waals surface area contributed by atoms with E-state index in [1.807, 2.05) is 6.07 Å². The molecule has 2 unspecified atom stereocenters. The monoisotopic (exact) mass is 262 g/mol. The summed E-state index contributed by atoms with van der Waals surface area (Å²) in [7, 11) is 0. The molecule has 104 valence electrons. The summed E-state index contributed by atoms with van der Waals surface area (Å²) in [6, 6.07) is 4.26. The van der Waals surface area contributed by atoms with Gasteiger partial charge in [-0.25, -0.2) is 5.84 Å². The van der Waals surface area contributed by atoms with Crippen LogP contribution in [0.25, 0.3) is 0 Å². The van der Waals surface area contributed by atoms with Crippen molar-refractivity contribution in [2.75, 3.05) is 6.54 Å². The minimum Gasteiger partial charge on any atom is -0.295 e. The fraction of sp³-hybridized carbons (Fsp3) is 0.571. The number of nitrogens with zero attached hydrogens (tertiary/aromatic N) is 2. The van der Waals surface area contributed by atoms with Gasteiger partial charge in [0.1, 0.15) is 0 Å². The molecule has 0 radical (unpaired) electrons. The normalized spacial score (nSPS) is 24.2. The van der Waals surface area contributed by atoms with E-state index in [0.717, 1.165) is 24.7 Å². The van der Waals surface area contributed by atoms with Crippen LogP contribution in [0.1, 0.15) is 42.7 Å². The van der Waals surface area contributed by atoms with Crippen molar-refractivity contribution in [1.82, 2.24) is 15.3 Å². The molecular formula is C14H22N4O. The van der Waals surface area contributed by atoms with Crippen LogP contribution in [0.15, 0.2) is 18.3 Å². The molecule has 1 saturated heterocycles. The number of carbonyl (C=O) groups is 1. The molecule has 1 aromatic heterocycles. The van der Waals surface area contributed by atoms with Gasteiger partial charge in [-0.3, -0.25) is 20.1 Å². The van der Waals surface area contributed by atoms with Gasteiger partial charge in [0, 0.05) is 18.8 Å². The van der Waals surface area contributed by atoms with E-state index >= 15 is 0 Å². The maximum Gasteiger partial charge on any atom is 0.266 e. The van der Waals surface area contributed by atoms with Crippen LogP contribution in [0.2, 0.25) is 0 Å². The number of nitrogens with two attached hydrogens (primary N) is 1. The van der Waals surface area contributed by atoms with E-state index in [4.69, 9.17) is 5.84 Å². The van der Waals surface area contributed by atoms with Crippen molar-refractivity contribution in [3.05, 3.63) is 29.6 Å². The second kappa shape index (κ2) is 6.12. The van der Waals surface area contributed by atoms with E-state index in [2.05, 4.69) is 29.2 Å². The molecule has 5 nitrogen and oxygen atoms in total. The van der Waals surface area contributed by atoms with Crippen LogP contribution in [0.4, 0.5) is 0 Å². The quantitative estimate of drug-likeness (QED) is 0.489. The molecule has 0 spiro atoms. The number of aromatic nitrogens is 1. The van der Waals surface area contributed by atoms with Gasteiger partial charge in [0.15, 0.2) is 0 Å². The Labute approximate surface area is 114 Å². The van der Waals surface area contributed by atoms with E-state index in [9.17, 15) is 4.79 Å². The Bertz CT molecular complexity index is 432. The number of piperidine rings is 1. The van der Waals surface area contributed by atoms with Crippen LogP contribution in [-0.4, -0.2) is 28.4 Å². The Morgan fingerprint density at radius 3 is 2.89 bits per heavy atom. The zero-order chi connectivity index (χ0) is 13.8. The number of pyridine rings is 1. The number of hydrogen-bond donors (Lipinski definition) is 2. The summed E-state index contributed by atoms with van der Waals surface area (Å²) in [4.78, 5) is 18.1. The first-order valence-corrected chi connectivity index (χ1v) is 6.80. The van der Waals surface area contributed by atoms with Gasteiger partial charge in [0.2, 0.25) is 0 Å². The molecular weight excluding hydrogens is 240 g/mol. The number of carbonyl (C=O) groups excluding carboxylic acids is 1. The summed E-state index contributed by atoms with van der Waals surface area (Å²) < 4.78 is 0. The van der Waals surface area contributed by atoms with Crippen molar-refractivity contribution >= 4 is 5.91 Å². The van der Waals surface area contributed by atoms with Gasteiger partial charge in [-0.05, 0) is 44.4 Å². The highest BCUT2D eigenvalue weighted by Gasteiger charge is 2.22. The summed E-state index contributed by atoms with van der Waals surface area (Å²) >= 11 is 0. The van der Waals surface area contributed by atoms with E-state index in [1.54, 1.807) is 12.3 Å². The average molecular weight is 262 g/mol. The Morgan fingerprint density at radius 1 is 1.53 bits per heavy atom. The predicted molar refractivity (Wildman–Crippen MR) is 74.2 cm³/mol.